The van der Waals surface area contributed by atoms with Crippen LogP contribution in [0, 0.1) is 6.92 Å². The maximum absolute atomic E-state index is 12.7. The van der Waals surface area contributed by atoms with Gasteiger partial charge in [0.05, 0.1) is 18.0 Å². The molecule has 2 aromatic rings. The number of methoxy groups -OCH3 is 1. The molecule has 0 spiro atoms. The molecule has 9 heteroatoms. The van der Waals surface area contributed by atoms with E-state index in [1.54, 1.807) is 38.3 Å². The van der Waals surface area contributed by atoms with Crippen LogP contribution in [0.1, 0.15) is 29.0 Å². The lowest BCUT2D eigenvalue weighted by molar-refractivity contribution is -0.141. The molecule has 1 aliphatic rings. The van der Waals surface area contributed by atoms with Crippen LogP contribution >= 0.6 is 0 Å². The SMILES string of the molecule is COCCOc1ccc(-n2nc(C)c(C(=O)N3CCCC3C(=O)O)n2)cc1. The van der Waals surface area contributed by atoms with Crippen molar-refractivity contribution in [1.29, 1.82) is 0 Å². The van der Waals surface area contributed by atoms with Crippen LogP contribution in [0.3, 0.4) is 0 Å². The van der Waals surface area contributed by atoms with E-state index in [1.807, 2.05) is 0 Å². The Hall–Kier alpha value is -2.94. The van der Waals surface area contributed by atoms with E-state index in [1.165, 1.54) is 9.70 Å². The number of amides is 1. The zero-order chi connectivity index (χ0) is 19.4. The zero-order valence-corrected chi connectivity index (χ0v) is 15.3. The summed E-state index contributed by atoms with van der Waals surface area (Å²) in [5.41, 5.74) is 1.30. The molecule has 1 amide bonds. The number of hydrogen-bond donors (Lipinski definition) is 1. The second-order valence-electron chi connectivity index (χ2n) is 6.25. The molecule has 144 valence electrons. The van der Waals surface area contributed by atoms with E-state index in [-0.39, 0.29) is 5.69 Å². The number of carbonyl (C=O) groups is 2. The summed E-state index contributed by atoms with van der Waals surface area (Å²) in [5.74, 6) is -0.699. The first-order chi connectivity index (χ1) is 13.0. The molecule has 1 unspecified atom stereocenters. The molecule has 1 saturated heterocycles. The van der Waals surface area contributed by atoms with Crippen LogP contribution < -0.4 is 4.74 Å². The molecule has 0 aliphatic carbocycles. The molecule has 0 bridgehead atoms. The summed E-state index contributed by atoms with van der Waals surface area (Å²) in [6.07, 6.45) is 1.12. The highest BCUT2D eigenvalue weighted by Gasteiger charge is 2.36. The first-order valence-corrected chi connectivity index (χ1v) is 8.71. The predicted octanol–water partition coefficient (Wildman–Crippen LogP) is 1.29. The van der Waals surface area contributed by atoms with Gasteiger partial charge in [0.25, 0.3) is 5.91 Å². The van der Waals surface area contributed by atoms with Crippen LogP contribution in [0.25, 0.3) is 5.69 Å². The maximum atomic E-state index is 12.7. The highest BCUT2D eigenvalue weighted by Crippen LogP contribution is 2.21. The van der Waals surface area contributed by atoms with E-state index < -0.39 is 17.9 Å². The first kappa shape index (κ1) is 18.8. The minimum atomic E-state index is -0.991. The minimum Gasteiger partial charge on any atom is -0.491 e. The average Bonchev–Trinajstić information content (AvgIpc) is 3.29. The van der Waals surface area contributed by atoms with Gasteiger partial charge in [-0.1, -0.05) is 0 Å². The number of aliphatic carboxylic acids is 1. The number of carboxylic acid groups (broad SMARTS) is 1. The molecular weight excluding hydrogens is 352 g/mol. The second-order valence-corrected chi connectivity index (χ2v) is 6.25. The Bertz CT molecular complexity index is 818. The predicted molar refractivity (Wildman–Crippen MR) is 95.2 cm³/mol. The monoisotopic (exact) mass is 374 g/mol. The summed E-state index contributed by atoms with van der Waals surface area (Å²) >= 11 is 0. The molecule has 1 aliphatic heterocycles. The van der Waals surface area contributed by atoms with Gasteiger partial charge < -0.3 is 19.5 Å². The first-order valence-electron chi connectivity index (χ1n) is 8.71. The van der Waals surface area contributed by atoms with Gasteiger partial charge in [-0.2, -0.15) is 9.90 Å². The molecule has 1 fully saturated rings. The third-order valence-corrected chi connectivity index (χ3v) is 4.41. The van der Waals surface area contributed by atoms with Crippen molar-refractivity contribution in [3.63, 3.8) is 0 Å². The molecule has 0 saturated carbocycles. The van der Waals surface area contributed by atoms with Crippen molar-refractivity contribution in [3.05, 3.63) is 35.7 Å². The number of carboxylic acids is 1. The Kier molecular flexibility index (Phi) is 5.70. The molecule has 1 aromatic heterocycles. The number of benzene rings is 1. The van der Waals surface area contributed by atoms with Crippen LogP contribution in [0.15, 0.2) is 24.3 Å². The molecule has 9 nitrogen and oxygen atoms in total. The highest BCUT2D eigenvalue weighted by molar-refractivity contribution is 5.96. The number of nitrogens with zero attached hydrogens (tertiary/aromatic N) is 4. The molecule has 27 heavy (non-hydrogen) atoms. The molecule has 1 atom stereocenters. The number of ether oxygens (including phenoxy) is 2. The third kappa shape index (κ3) is 4.08. The Labute approximate surface area is 156 Å². The number of carbonyl (C=O) groups excluding carboxylic acids is 1. The summed E-state index contributed by atoms with van der Waals surface area (Å²) in [6.45, 7) is 3.05. The van der Waals surface area contributed by atoms with Crippen molar-refractivity contribution in [1.82, 2.24) is 19.9 Å². The second kappa shape index (κ2) is 8.17. The van der Waals surface area contributed by atoms with E-state index in [4.69, 9.17) is 9.47 Å². The molecule has 2 heterocycles. The number of rotatable bonds is 7. The van der Waals surface area contributed by atoms with Crippen molar-refractivity contribution >= 4 is 11.9 Å². The van der Waals surface area contributed by atoms with Crippen molar-refractivity contribution < 1.29 is 24.2 Å². The third-order valence-electron chi connectivity index (χ3n) is 4.41. The maximum Gasteiger partial charge on any atom is 0.326 e. The van der Waals surface area contributed by atoms with E-state index in [2.05, 4.69) is 10.2 Å². The fraction of sp³-hybridized carbons (Fsp3) is 0.444. The smallest absolute Gasteiger partial charge is 0.326 e. The Morgan fingerprint density at radius 2 is 1.96 bits per heavy atom. The van der Waals surface area contributed by atoms with Crippen LogP contribution in [-0.2, 0) is 9.53 Å². The minimum absolute atomic E-state index is 0.170. The van der Waals surface area contributed by atoms with Crippen LogP contribution in [0.5, 0.6) is 5.75 Å². The van der Waals surface area contributed by atoms with Gasteiger partial charge in [-0.15, -0.1) is 5.10 Å². The highest BCUT2D eigenvalue weighted by atomic mass is 16.5. The van der Waals surface area contributed by atoms with E-state index in [0.29, 0.717) is 49.7 Å². The topological polar surface area (TPSA) is 107 Å². The quantitative estimate of drug-likeness (QED) is 0.728. The fourth-order valence-corrected chi connectivity index (χ4v) is 3.01. The Morgan fingerprint density at radius 3 is 2.63 bits per heavy atom. The molecule has 1 N–H and O–H groups in total. The summed E-state index contributed by atoms with van der Waals surface area (Å²) < 4.78 is 10.5. The average molecular weight is 374 g/mol. The van der Waals surface area contributed by atoms with Crippen LogP contribution in [0.2, 0.25) is 0 Å². The molecular formula is C18H22N4O5. The standard InChI is InChI=1S/C18H22N4O5/c1-12-16(17(23)21-9-3-4-15(21)18(24)25)20-22(19-12)13-5-7-14(8-6-13)27-11-10-26-2/h5-8,15H,3-4,9-11H2,1-2H3,(H,24,25). The largest absolute Gasteiger partial charge is 0.491 e. The van der Waals surface area contributed by atoms with Crippen molar-refractivity contribution in [2.45, 2.75) is 25.8 Å². The van der Waals surface area contributed by atoms with Crippen molar-refractivity contribution in [2.75, 3.05) is 26.9 Å². The summed E-state index contributed by atoms with van der Waals surface area (Å²) in [5, 5.41) is 17.9. The van der Waals surface area contributed by atoms with E-state index in [0.717, 1.165) is 0 Å². The van der Waals surface area contributed by atoms with Crippen LogP contribution in [-0.4, -0.2) is 69.8 Å². The van der Waals surface area contributed by atoms with E-state index in [9.17, 15) is 14.7 Å². The van der Waals surface area contributed by atoms with E-state index >= 15 is 0 Å². The lowest BCUT2D eigenvalue weighted by Gasteiger charge is -2.20. The summed E-state index contributed by atoms with van der Waals surface area (Å²) in [6, 6.07) is 6.33. The zero-order valence-electron chi connectivity index (χ0n) is 15.3. The van der Waals surface area contributed by atoms with Gasteiger partial charge in [-0.25, -0.2) is 4.79 Å². The Balaban J connectivity index is 1.76. The van der Waals surface area contributed by atoms with Gasteiger partial charge >= 0.3 is 5.97 Å². The van der Waals surface area contributed by atoms with Crippen LogP contribution in [0.4, 0.5) is 0 Å². The van der Waals surface area contributed by atoms with Gasteiger partial charge in [-0.3, -0.25) is 4.79 Å². The van der Waals surface area contributed by atoms with Gasteiger partial charge in [0.1, 0.15) is 18.4 Å². The lowest BCUT2D eigenvalue weighted by atomic mass is 10.2. The van der Waals surface area contributed by atoms with Gasteiger partial charge in [0.15, 0.2) is 5.69 Å². The van der Waals surface area contributed by atoms with Gasteiger partial charge in [0.2, 0.25) is 0 Å². The molecule has 1 aromatic carbocycles. The lowest BCUT2D eigenvalue weighted by Crippen LogP contribution is -2.40. The van der Waals surface area contributed by atoms with Crippen molar-refractivity contribution in [2.24, 2.45) is 0 Å². The molecule has 3 rings (SSSR count). The summed E-state index contributed by atoms with van der Waals surface area (Å²) in [4.78, 5) is 26.8. The normalized spacial score (nSPS) is 16.5. The fourth-order valence-electron chi connectivity index (χ4n) is 3.01. The number of aryl methyl sites for hydroxylation is 1. The number of likely N-dealkylation sites (tertiary alicyclic amines) is 1. The van der Waals surface area contributed by atoms with Gasteiger partial charge in [-0.05, 0) is 44.0 Å². The number of aromatic nitrogens is 3. The number of hydrogen-bond acceptors (Lipinski definition) is 6. The molecule has 0 radical (unpaired) electrons. The Morgan fingerprint density at radius 1 is 1.22 bits per heavy atom. The van der Waals surface area contributed by atoms with Gasteiger partial charge in [0, 0.05) is 13.7 Å². The summed E-state index contributed by atoms with van der Waals surface area (Å²) in [7, 11) is 1.61. The van der Waals surface area contributed by atoms with Crippen molar-refractivity contribution in [3.8, 4) is 11.4 Å².